The summed E-state index contributed by atoms with van der Waals surface area (Å²) >= 11 is 0. The molecule has 29 heavy (non-hydrogen) atoms. The number of fused-ring (bicyclic) bond motifs is 1. The Hall–Kier alpha value is -2.84. The molecule has 0 bridgehead atoms. The largest absolute Gasteiger partial charge is 0.455 e. The number of pyridine rings is 1. The van der Waals surface area contributed by atoms with Crippen LogP contribution in [0.25, 0.3) is 22.3 Å². The molecule has 1 aromatic carbocycles. The normalized spacial score (nSPS) is 16.9. The van der Waals surface area contributed by atoms with Crippen molar-refractivity contribution in [1.82, 2.24) is 15.6 Å². The number of nitrogens with one attached hydrogen (secondary N) is 2. The summed E-state index contributed by atoms with van der Waals surface area (Å²) in [5.41, 5.74) is 1.47. The molecule has 8 heteroatoms. The summed E-state index contributed by atoms with van der Waals surface area (Å²) in [5, 5.41) is 6.30. The minimum atomic E-state index is -0.865. The summed E-state index contributed by atoms with van der Waals surface area (Å²) in [5.74, 6) is -2.20. The van der Waals surface area contributed by atoms with Crippen molar-refractivity contribution < 1.29 is 22.7 Å². The van der Waals surface area contributed by atoms with Crippen molar-refractivity contribution in [1.29, 1.82) is 0 Å². The Labute approximate surface area is 166 Å². The van der Waals surface area contributed by atoms with E-state index < -0.39 is 17.5 Å². The van der Waals surface area contributed by atoms with Crippen LogP contribution in [0.3, 0.4) is 0 Å². The molecule has 1 aliphatic heterocycles. The van der Waals surface area contributed by atoms with Crippen LogP contribution in [-0.2, 0) is 11.2 Å². The molecule has 6 nitrogen and oxygen atoms in total. The second kappa shape index (κ2) is 7.88. The molecule has 4 rings (SSSR count). The van der Waals surface area contributed by atoms with Gasteiger partial charge in [-0.1, -0.05) is 0 Å². The van der Waals surface area contributed by atoms with Crippen molar-refractivity contribution in [3.63, 3.8) is 0 Å². The van der Waals surface area contributed by atoms with Crippen LogP contribution in [0.4, 0.5) is 8.78 Å². The van der Waals surface area contributed by atoms with E-state index in [1.165, 1.54) is 7.05 Å². The van der Waals surface area contributed by atoms with Crippen molar-refractivity contribution >= 4 is 16.9 Å². The number of halogens is 2. The fourth-order valence-electron chi connectivity index (χ4n) is 3.59. The molecule has 1 saturated heterocycles. The van der Waals surface area contributed by atoms with Gasteiger partial charge in [-0.05, 0) is 19.1 Å². The van der Waals surface area contributed by atoms with Crippen LogP contribution in [0.2, 0.25) is 0 Å². The number of ether oxygens (including phenoxy) is 1. The number of nitrogens with zero attached hydrogens (tertiary/aromatic N) is 1. The van der Waals surface area contributed by atoms with E-state index in [1.54, 1.807) is 12.3 Å². The molecule has 1 fully saturated rings. The molecule has 0 radical (unpaired) electrons. The summed E-state index contributed by atoms with van der Waals surface area (Å²) in [6.07, 6.45) is 1.91. The third-order valence-electron chi connectivity index (χ3n) is 5.01. The van der Waals surface area contributed by atoms with Crippen LogP contribution in [0.15, 0.2) is 28.8 Å². The van der Waals surface area contributed by atoms with Crippen LogP contribution in [-0.4, -0.2) is 43.7 Å². The van der Waals surface area contributed by atoms with E-state index in [0.717, 1.165) is 24.4 Å². The Kier molecular flexibility index (Phi) is 5.29. The van der Waals surface area contributed by atoms with Gasteiger partial charge in [-0.25, -0.2) is 8.78 Å². The Morgan fingerprint density at radius 2 is 2.07 bits per heavy atom. The third kappa shape index (κ3) is 3.73. The highest BCUT2D eigenvalue weighted by molar-refractivity contribution is 5.95. The van der Waals surface area contributed by atoms with E-state index in [1.807, 2.05) is 6.92 Å². The molecule has 1 unspecified atom stereocenters. The summed E-state index contributed by atoms with van der Waals surface area (Å²) in [4.78, 5) is 16.1. The number of amides is 1. The van der Waals surface area contributed by atoms with E-state index in [4.69, 9.17) is 9.15 Å². The molecule has 3 heterocycles. The first-order valence-corrected chi connectivity index (χ1v) is 9.39. The molecule has 152 valence electrons. The molecule has 2 N–H and O–H groups in total. The minimum absolute atomic E-state index is 0.0961. The molecule has 0 aliphatic carbocycles. The molecular formula is C21H21F2N3O3. The van der Waals surface area contributed by atoms with Crippen molar-refractivity contribution in [2.24, 2.45) is 0 Å². The molecule has 1 atom stereocenters. The maximum Gasteiger partial charge on any atom is 0.251 e. The molecule has 1 amide bonds. The topological polar surface area (TPSA) is 76.4 Å². The standard InChI is InChI=1S/C21H21F2N3O3/c1-11-5-18-15(10-26-11)14(8-13-9-25-3-4-28-13)20(29-18)19-16(22)6-12(7-17(19)23)21(27)24-2/h5-7,10,13,25H,3-4,8-9H2,1-2H3,(H,24,27). The van der Waals surface area contributed by atoms with Crippen molar-refractivity contribution in [3.05, 3.63) is 52.9 Å². The van der Waals surface area contributed by atoms with Gasteiger partial charge in [0.2, 0.25) is 0 Å². The number of hydrogen-bond acceptors (Lipinski definition) is 5. The summed E-state index contributed by atoms with van der Waals surface area (Å²) in [6, 6.07) is 3.75. The lowest BCUT2D eigenvalue weighted by Gasteiger charge is -2.23. The van der Waals surface area contributed by atoms with Gasteiger partial charge < -0.3 is 19.8 Å². The van der Waals surface area contributed by atoms with Crippen LogP contribution in [0, 0.1) is 18.6 Å². The highest BCUT2D eigenvalue weighted by atomic mass is 19.1. The highest BCUT2D eigenvalue weighted by Crippen LogP contribution is 2.38. The molecular weight excluding hydrogens is 380 g/mol. The van der Waals surface area contributed by atoms with Gasteiger partial charge in [-0.2, -0.15) is 0 Å². The first-order chi connectivity index (χ1) is 14.0. The highest BCUT2D eigenvalue weighted by Gasteiger charge is 2.26. The second-order valence-corrected chi connectivity index (χ2v) is 7.03. The number of aryl methyl sites for hydroxylation is 1. The fourth-order valence-corrected chi connectivity index (χ4v) is 3.59. The minimum Gasteiger partial charge on any atom is -0.455 e. The Morgan fingerprint density at radius 1 is 1.31 bits per heavy atom. The Bertz CT molecular complexity index is 1050. The van der Waals surface area contributed by atoms with Crippen LogP contribution in [0.1, 0.15) is 21.6 Å². The number of carbonyl (C=O) groups excluding carboxylic acids is 1. The van der Waals surface area contributed by atoms with Gasteiger partial charge in [-0.15, -0.1) is 0 Å². The Morgan fingerprint density at radius 3 is 2.72 bits per heavy atom. The van der Waals surface area contributed by atoms with Crippen LogP contribution < -0.4 is 10.6 Å². The zero-order chi connectivity index (χ0) is 20.5. The Balaban J connectivity index is 1.86. The number of morpholine rings is 1. The van der Waals surface area contributed by atoms with Crippen molar-refractivity contribution in [3.8, 4) is 11.3 Å². The summed E-state index contributed by atoms with van der Waals surface area (Å²) in [7, 11) is 1.40. The van der Waals surface area contributed by atoms with Crippen LogP contribution in [0.5, 0.6) is 0 Å². The molecule has 0 spiro atoms. The van der Waals surface area contributed by atoms with Crippen molar-refractivity contribution in [2.45, 2.75) is 19.4 Å². The van der Waals surface area contributed by atoms with Gasteiger partial charge in [0.1, 0.15) is 23.0 Å². The summed E-state index contributed by atoms with van der Waals surface area (Å²) < 4.78 is 41.5. The van der Waals surface area contributed by atoms with E-state index in [0.29, 0.717) is 36.1 Å². The van der Waals surface area contributed by atoms with Gasteiger partial charge in [-0.3, -0.25) is 9.78 Å². The lowest BCUT2D eigenvalue weighted by atomic mass is 9.98. The molecule has 3 aromatic rings. The second-order valence-electron chi connectivity index (χ2n) is 7.03. The van der Waals surface area contributed by atoms with Gasteiger partial charge in [0.25, 0.3) is 5.91 Å². The predicted molar refractivity (Wildman–Crippen MR) is 104 cm³/mol. The van der Waals surface area contributed by atoms with Crippen LogP contribution >= 0.6 is 0 Å². The van der Waals surface area contributed by atoms with E-state index in [-0.39, 0.29) is 23.0 Å². The molecule has 2 aromatic heterocycles. The molecule has 0 saturated carbocycles. The maximum atomic E-state index is 14.9. The zero-order valence-corrected chi connectivity index (χ0v) is 16.1. The fraction of sp³-hybridized carbons (Fsp3) is 0.333. The number of carbonyl (C=O) groups is 1. The number of aromatic nitrogens is 1. The monoisotopic (exact) mass is 401 g/mol. The smallest absolute Gasteiger partial charge is 0.251 e. The SMILES string of the molecule is CNC(=O)c1cc(F)c(-c2oc3cc(C)ncc3c2CC2CNCCO2)c(F)c1. The van der Waals surface area contributed by atoms with E-state index in [2.05, 4.69) is 15.6 Å². The van der Waals surface area contributed by atoms with Gasteiger partial charge in [0.05, 0.1) is 18.3 Å². The van der Waals surface area contributed by atoms with Crippen molar-refractivity contribution in [2.75, 3.05) is 26.7 Å². The van der Waals surface area contributed by atoms with E-state index in [9.17, 15) is 13.6 Å². The van der Waals surface area contributed by atoms with Gasteiger partial charge >= 0.3 is 0 Å². The lowest BCUT2D eigenvalue weighted by molar-refractivity contribution is 0.0294. The average Bonchev–Trinajstić information content (AvgIpc) is 3.04. The average molecular weight is 401 g/mol. The first kappa shape index (κ1) is 19.5. The summed E-state index contributed by atoms with van der Waals surface area (Å²) in [6.45, 7) is 3.78. The number of rotatable bonds is 4. The van der Waals surface area contributed by atoms with E-state index >= 15 is 0 Å². The number of benzene rings is 1. The third-order valence-corrected chi connectivity index (χ3v) is 5.01. The maximum absolute atomic E-state index is 14.9. The molecule has 1 aliphatic rings. The predicted octanol–water partition coefficient (Wildman–Crippen LogP) is 2.97. The number of hydrogen-bond donors (Lipinski definition) is 2. The first-order valence-electron chi connectivity index (χ1n) is 9.39. The number of furan rings is 1. The quantitative estimate of drug-likeness (QED) is 0.703. The van der Waals surface area contributed by atoms with Gasteiger partial charge in [0.15, 0.2) is 0 Å². The lowest BCUT2D eigenvalue weighted by Crippen LogP contribution is -2.39. The van der Waals surface area contributed by atoms with Gasteiger partial charge in [0, 0.05) is 61.0 Å². The zero-order valence-electron chi connectivity index (χ0n) is 16.1.